The van der Waals surface area contributed by atoms with Crippen molar-refractivity contribution < 1.29 is 8.42 Å². The molecule has 21 heavy (non-hydrogen) atoms. The van der Waals surface area contributed by atoms with E-state index in [0.717, 1.165) is 18.7 Å². The van der Waals surface area contributed by atoms with Crippen molar-refractivity contribution in [2.24, 2.45) is 0 Å². The van der Waals surface area contributed by atoms with Gasteiger partial charge in [-0.15, -0.1) is 0 Å². The molecule has 0 aliphatic carbocycles. The van der Waals surface area contributed by atoms with E-state index in [2.05, 4.69) is 17.4 Å². The smallest absolute Gasteiger partial charge is 0.176 e. The fourth-order valence-electron chi connectivity index (χ4n) is 2.50. The number of nitrogens with one attached hydrogen (secondary N) is 1. The predicted molar refractivity (Wildman–Crippen MR) is 85.6 cm³/mol. The normalized spacial score (nSPS) is 15.7. The van der Waals surface area contributed by atoms with Gasteiger partial charge in [0.05, 0.1) is 4.90 Å². The van der Waals surface area contributed by atoms with E-state index in [9.17, 15) is 8.42 Å². The SMILES string of the molecule is CS(=O)(=O)c1cc(Cl)ccc1-c1ccc(C2CNC2)cc1. The average molecular weight is 322 g/mol. The fraction of sp³-hybridized carbons (Fsp3) is 0.250. The topological polar surface area (TPSA) is 46.2 Å². The number of hydrogen-bond donors (Lipinski definition) is 1. The first-order valence-corrected chi connectivity index (χ1v) is 9.03. The van der Waals surface area contributed by atoms with Crippen molar-refractivity contribution >= 4 is 21.4 Å². The molecule has 3 rings (SSSR count). The average Bonchev–Trinajstić information content (AvgIpc) is 2.37. The molecule has 0 bridgehead atoms. The van der Waals surface area contributed by atoms with E-state index in [-0.39, 0.29) is 4.90 Å². The maximum absolute atomic E-state index is 11.9. The fourth-order valence-corrected chi connectivity index (χ4v) is 3.66. The first kappa shape index (κ1) is 14.6. The maximum Gasteiger partial charge on any atom is 0.176 e. The molecule has 3 nitrogen and oxygen atoms in total. The van der Waals surface area contributed by atoms with Crippen molar-refractivity contribution in [2.45, 2.75) is 10.8 Å². The second-order valence-electron chi connectivity index (χ2n) is 5.39. The Bertz CT molecular complexity index is 765. The molecule has 110 valence electrons. The van der Waals surface area contributed by atoms with Crippen LogP contribution in [0.2, 0.25) is 5.02 Å². The first-order chi connectivity index (χ1) is 9.95. The summed E-state index contributed by atoms with van der Waals surface area (Å²) in [5.41, 5.74) is 2.87. The van der Waals surface area contributed by atoms with Gasteiger partial charge in [-0.1, -0.05) is 41.9 Å². The standard InChI is InChI=1S/C16H16ClNO2S/c1-21(19,20)16-8-14(17)6-7-15(16)12-4-2-11(3-5-12)13-9-18-10-13/h2-8,13,18H,9-10H2,1H3. The number of rotatable bonds is 3. The Morgan fingerprint density at radius 1 is 1.10 bits per heavy atom. The minimum atomic E-state index is -3.32. The second kappa shape index (κ2) is 5.44. The van der Waals surface area contributed by atoms with Crippen LogP contribution in [0.15, 0.2) is 47.4 Å². The van der Waals surface area contributed by atoms with E-state index < -0.39 is 9.84 Å². The molecule has 1 fully saturated rings. The Morgan fingerprint density at radius 3 is 2.29 bits per heavy atom. The van der Waals surface area contributed by atoms with Crippen molar-refractivity contribution in [1.29, 1.82) is 0 Å². The molecule has 1 N–H and O–H groups in total. The van der Waals surface area contributed by atoms with Crippen LogP contribution in [0.4, 0.5) is 0 Å². The summed E-state index contributed by atoms with van der Waals surface area (Å²) in [6, 6.07) is 13.1. The Labute approximate surface area is 129 Å². The predicted octanol–water partition coefficient (Wildman–Crippen LogP) is 3.10. The van der Waals surface area contributed by atoms with Gasteiger partial charge in [0.2, 0.25) is 0 Å². The highest BCUT2D eigenvalue weighted by Gasteiger charge is 2.19. The summed E-state index contributed by atoms with van der Waals surface area (Å²) in [6.45, 7) is 2.02. The number of halogens is 1. The van der Waals surface area contributed by atoms with Crippen LogP contribution < -0.4 is 5.32 Å². The molecule has 0 amide bonds. The third kappa shape index (κ3) is 2.98. The molecule has 1 heterocycles. The molecule has 0 saturated carbocycles. The minimum Gasteiger partial charge on any atom is -0.315 e. The number of hydrogen-bond acceptors (Lipinski definition) is 3. The van der Waals surface area contributed by atoms with Crippen LogP contribution >= 0.6 is 11.6 Å². The number of benzene rings is 2. The van der Waals surface area contributed by atoms with E-state index in [0.29, 0.717) is 16.5 Å². The lowest BCUT2D eigenvalue weighted by atomic mass is 9.92. The summed E-state index contributed by atoms with van der Waals surface area (Å²) in [7, 11) is -3.32. The quantitative estimate of drug-likeness (QED) is 0.945. The van der Waals surface area contributed by atoms with Gasteiger partial charge in [-0.3, -0.25) is 0 Å². The summed E-state index contributed by atoms with van der Waals surface area (Å²) in [5, 5.41) is 3.67. The lowest BCUT2D eigenvalue weighted by molar-refractivity contribution is 0.448. The van der Waals surface area contributed by atoms with Gasteiger partial charge in [0.1, 0.15) is 0 Å². The van der Waals surface area contributed by atoms with Crippen LogP contribution in [0, 0.1) is 0 Å². The lowest BCUT2D eigenvalue weighted by Crippen LogP contribution is -2.39. The van der Waals surface area contributed by atoms with Crippen LogP contribution in [0.5, 0.6) is 0 Å². The molecule has 1 saturated heterocycles. The number of sulfone groups is 1. The molecule has 0 radical (unpaired) electrons. The van der Waals surface area contributed by atoms with Crippen molar-refractivity contribution in [3.63, 3.8) is 0 Å². The molecule has 2 aromatic carbocycles. The zero-order valence-corrected chi connectivity index (χ0v) is 13.2. The van der Waals surface area contributed by atoms with Gasteiger partial charge >= 0.3 is 0 Å². The van der Waals surface area contributed by atoms with E-state index in [1.165, 1.54) is 17.9 Å². The molecule has 0 atom stereocenters. The molecule has 5 heteroatoms. The van der Waals surface area contributed by atoms with Crippen LogP contribution in [-0.4, -0.2) is 27.8 Å². The first-order valence-electron chi connectivity index (χ1n) is 6.76. The van der Waals surface area contributed by atoms with Crippen LogP contribution in [0.3, 0.4) is 0 Å². The van der Waals surface area contributed by atoms with Crippen molar-refractivity contribution in [3.8, 4) is 11.1 Å². The molecule has 0 aromatic heterocycles. The van der Waals surface area contributed by atoms with E-state index in [1.54, 1.807) is 12.1 Å². The van der Waals surface area contributed by atoms with Crippen LogP contribution in [0.1, 0.15) is 11.5 Å². The Morgan fingerprint density at radius 2 is 1.76 bits per heavy atom. The third-order valence-electron chi connectivity index (χ3n) is 3.82. The third-order valence-corrected chi connectivity index (χ3v) is 5.19. The highest BCUT2D eigenvalue weighted by atomic mass is 35.5. The van der Waals surface area contributed by atoms with Gasteiger partial charge in [0.25, 0.3) is 0 Å². The summed E-state index contributed by atoms with van der Waals surface area (Å²) in [5.74, 6) is 0.568. The van der Waals surface area contributed by atoms with E-state index >= 15 is 0 Å². The molecule has 1 aliphatic heterocycles. The Balaban J connectivity index is 2.04. The summed E-state index contributed by atoms with van der Waals surface area (Å²) >= 11 is 5.93. The zero-order chi connectivity index (χ0) is 15.0. The lowest BCUT2D eigenvalue weighted by Gasteiger charge is -2.27. The Kier molecular flexibility index (Phi) is 3.78. The largest absolute Gasteiger partial charge is 0.315 e. The maximum atomic E-state index is 11.9. The highest BCUT2D eigenvalue weighted by Crippen LogP contribution is 2.31. The van der Waals surface area contributed by atoms with Gasteiger partial charge in [0.15, 0.2) is 9.84 Å². The summed E-state index contributed by atoms with van der Waals surface area (Å²) in [6.07, 6.45) is 1.20. The van der Waals surface area contributed by atoms with Gasteiger partial charge < -0.3 is 5.32 Å². The van der Waals surface area contributed by atoms with Gasteiger partial charge in [-0.25, -0.2) is 8.42 Å². The molecule has 1 aliphatic rings. The van der Waals surface area contributed by atoms with Crippen LogP contribution in [0.25, 0.3) is 11.1 Å². The van der Waals surface area contributed by atoms with Gasteiger partial charge in [0, 0.05) is 35.8 Å². The van der Waals surface area contributed by atoms with Gasteiger partial charge in [-0.2, -0.15) is 0 Å². The van der Waals surface area contributed by atoms with Gasteiger partial charge in [-0.05, 0) is 23.3 Å². The van der Waals surface area contributed by atoms with E-state index in [4.69, 9.17) is 11.6 Å². The second-order valence-corrected chi connectivity index (χ2v) is 7.81. The molecule has 0 spiro atoms. The molecule has 2 aromatic rings. The van der Waals surface area contributed by atoms with Crippen molar-refractivity contribution in [3.05, 3.63) is 53.1 Å². The zero-order valence-electron chi connectivity index (χ0n) is 11.6. The molecular weight excluding hydrogens is 306 g/mol. The molecular formula is C16H16ClNO2S. The van der Waals surface area contributed by atoms with Crippen LogP contribution in [-0.2, 0) is 9.84 Å². The van der Waals surface area contributed by atoms with Crippen molar-refractivity contribution in [2.75, 3.05) is 19.3 Å². The Hall–Kier alpha value is -1.36. The van der Waals surface area contributed by atoms with E-state index in [1.807, 2.05) is 12.1 Å². The monoisotopic (exact) mass is 321 g/mol. The highest BCUT2D eigenvalue weighted by molar-refractivity contribution is 7.90. The van der Waals surface area contributed by atoms with Crippen molar-refractivity contribution in [1.82, 2.24) is 5.32 Å². The minimum absolute atomic E-state index is 0.271. The molecule has 0 unspecified atom stereocenters. The summed E-state index contributed by atoms with van der Waals surface area (Å²) in [4.78, 5) is 0.271. The summed E-state index contributed by atoms with van der Waals surface area (Å²) < 4.78 is 23.9.